The van der Waals surface area contributed by atoms with Crippen molar-refractivity contribution >= 4 is 23.2 Å². The van der Waals surface area contributed by atoms with Crippen LogP contribution >= 0.6 is 11.3 Å². The van der Waals surface area contributed by atoms with E-state index in [0.717, 1.165) is 5.57 Å². The van der Waals surface area contributed by atoms with Crippen molar-refractivity contribution < 1.29 is 9.59 Å². The maximum absolute atomic E-state index is 11.9. The lowest BCUT2D eigenvalue weighted by Gasteiger charge is -2.21. The number of rotatable bonds is 7. The molecule has 0 bridgehead atoms. The van der Waals surface area contributed by atoms with E-state index in [9.17, 15) is 9.59 Å². The number of carbonyl (C=O) groups excluding carboxylic acids is 2. The number of likely N-dealkylation sites (N-methyl/N-ethyl adjacent to an activating group) is 1. The Morgan fingerprint density at radius 2 is 2.21 bits per heavy atom. The highest BCUT2D eigenvalue weighted by atomic mass is 32.1. The number of thiophene rings is 1. The van der Waals surface area contributed by atoms with Gasteiger partial charge in [0.05, 0.1) is 0 Å². The molecule has 0 spiro atoms. The van der Waals surface area contributed by atoms with E-state index in [-0.39, 0.29) is 11.8 Å². The predicted octanol–water partition coefficient (Wildman–Crippen LogP) is 2.29. The van der Waals surface area contributed by atoms with Crippen molar-refractivity contribution in [1.29, 1.82) is 0 Å². The highest BCUT2D eigenvalue weighted by Crippen LogP contribution is 2.05. The summed E-state index contributed by atoms with van der Waals surface area (Å²) in [5.41, 5.74) is 1.60. The van der Waals surface area contributed by atoms with Gasteiger partial charge in [-0.1, -0.05) is 12.2 Å². The Morgan fingerprint density at radius 1 is 1.47 bits per heavy atom. The number of amides is 2. The zero-order valence-electron chi connectivity index (χ0n) is 11.4. The van der Waals surface area contributed by atoms with Crippen LogP contribution in [0.1, 0.15) is 30.6 Å². The van der Waals surface area contributed by atoms with E-state index in [1.165, 1.54) is 11.3 Å². The summed E-state index contributed by atoms with van der Waals surface area (Å²) in [5.74, 6) is -0.0897. The van der Waals surface area contributed by atoms with Gasteiger partial charge in [-0.25, -0.2) is 0 Å². The maximum atomic E-state index is 11.9. The Labute approximate surface area is 118 Å². The molecule has 19 heavy (non-hydrogen) atoms. The SMILES string of the molecule is C=C(C)CN(CC)C(=O)CCNC(=O)c1ccsc1. The third kappa shape index (κ3) is 5.26. The van der Waals surface area contributed by atoms with Gasteiger partial charge in [0.2, 0.25) is 5.91 Å². The second kappa shape index (κ2) is 7.74. The molecule has 0 saturated heterocycles. The van der Waals surface area contributed by atoms with Crippen molar-refractivity contribution in [2.75, 3.05) is 19.6 Å². The summed E-state index contributed by atoms with van der Waals surface area (Å²) in [6, 6.07) is 1.77. The molecular weight excluding hydrogens is 260 g/mol. The van der Waals surface area contributed by atoms with Crippen LogP contribution in [0.4, 0.5) is 0 Å². The van der Waals surface area contributed by atoms with Crippen molar-refractivity contribution in [1.82, 2.24) is 10.2 Å². The van der Waals surface area contributed by atoms with E-state index < -0.39 is 0 Å². The first-order valence-corrected chi connectivity index (χ1v) is 7.21. The summed E-state index contributed by atoms with van der Waals surface area (Å²) in [6.45, 7) is 9.23. The fraction of sp³-hybridized carbons (Fsp3) is 0.429. The average Bonchev–Trinajstić information content (AvgIpc) is 2.89. The van der Waals surface area contributed by atoms with Crippen LogP contribution in [0, 0.1) is 0 Å². The quantitative estimate of drug-likeness (QED) is 0.779. The van der Waals surface area contributed by atoms with Gasteiger partial charge in [0.15, 0.2) is 0 Å². The summed E-state index contributed by atoms with van der Waals surface area (Å²) < 4.78 is 0. The van der Waals surface area contributed by atoms with Crippen LogP contribution in [0.5, 0.6) is 0 Å². The van der Waals surface area contributed by atoms with Crippen molar-refractivity contribution in [2.45, 2.75) is 20.3 Å². The smallest absolute Gasteiger partial charge is 0.252 e. The Balaban J connectivity index is 2.33. The number of hydrogen-bond donors (Lipinski definition) is 1. The first-order valence-electron chi connectivity index (χ1n) is 6.27. The first-order chi connectivity index (χ1) is 9.04. The molecule has 1 aromatic heterocycles. The van der Waals surface area contributed by atoms with Gasteiger partial charge in [-0.3, -0.25) is 9.59 Å². The molecule has 5 heteroatoms. The predicted molar refractivity (Wildman–Crippen MR) is 78.3 cm³/mol. The van der Waals surface area contributed by atoms with Crippen molar-refractivity contribution in [3.8, 4) is 0 Å². The van der Waals surface area contributed by atoms with Crippen molar-refractivity contribution in [2.24, 2.45) is 0 Å². The van der Waals surface area contributed by atoms with Gasteiger partial charge in [0, 0.05) is 37.0 Å². The third-order valence-corrected chi connectivity index (χ3v) is 3.29. The van der Waals surface area contributed by atoms with E-state index in [1.54, 1.807) is 16.3 Å². The lowest BCUT2D eigenvalue weighted by molar-refractivity contribution is -0.130. The average molecular weight is 280 g/mol. The highest BCUT2D eigenvalue weighted by Gasteiger charge is 2.12. The topological polar surface area (TPSA) is 49.4 Å². The summed E-state index contributed by atoms with van der Waals surface area (Å²) in [5, 5.41) is 6.39. The van der Waals surface area contributed by atoms with E-state index >= 15 is 0 Å². The van der Waals surface area contributed by atoms with Crippen LogP contribution < -0.4 is 5.32 Å². The minimum absolute atomic E-state index is 0.0381. The second-order valence-electron chi connectivity index (χ2n) is 4.38. The van der Waals surface area contributed by atoms with E-state index in [0.29, 0.717) is 31.6 Å². The van der Waals surface area contributed by atoms with Crippen LogP contribution in [-0.2, 0) is 4.79 Å². The largest absolute Gasteiger partial charge is 0.351 e. The summed E-state index contributed by atoms with van der Waals surface area (Å²) in [6.07, 6.45) is 0.316. The third-order valence-electron chi connectivity index (χ3n) is 2.60. The zero-order valence-corrected chi connectivity index (χ0v) is 12.3. The van der Waals surface area contributed by atoms with Gasteiger partial charge in [-0.05, 0) is 25.3 Å². The monoisotopic (exact) mass is 280 g/mol. The molecule has 0 saturated carbocycles. The summed E-state index contributed by atoms with van der Waals surface area (Å²) in [7, 11) is 0. The Morgan fingerprint density at radius 3 is 2.74 bits per heavy atom. The van der Waals surface area contributed by atoms with Gasteiger partial charge >= 0.3 is 0 Å². The van der Waals surface area contributed by atoms with Crippen LogP contribution in [0.25, 0.3) is 0 Å². The molecule has 0 unspecified atom stereocenters. The molecule has 104 valence electrons. The van der Waals surface area contributed by atoms with Gasteiger partial charge in [0.25, 0.3) is 5.91 Å². The van der Waals surface area contributed by atoms with Crippen LogP contribution in [0.2, 0.25) is 0 Å². The normalized spacial score (nSPS) is 10.0. The summed E-state index contributed by atoms with van der Waals surface area (Å²) >= 11 is 1.48. The van der Waals surface area contributed by atoms with Gasteiger partial charge in [0.1, 0.15) is 0 Å². The molecule has 0 aliphatic carbocycles. The molecule has 1 aromatic rings. The molecule has 1 rings (SSSR count). The molecule has 0 fully saturated rings. The van der Waals surface area contributed by atoms with Gasteiger partial charge in [-0.15, -0.1) is 0 Å². The lowest BCUT2D eigenvalue weighted by atomic mass is 10.2. The molecule has 0 radical (unpaired) electrons. The second-order valence-corrected chi connectivity index (χ2v) is 5.16. The highest BCUT2D eigenvalue weighted by molar-refractivity contribution is 7.08. The van der Waals surface area contributed by atoms with Gasteiger partial charge in [-0.2, -0.15) is 11.3 Å². The molecule has 1 heterocycles. The molecule has 0 atom stereocenters. The molecule has 0 aliphatic rings. The van der Waals surface area contributed by atoms with E-state index in [2.05, 4.69) is 11.9 Å². The molecule has 0 aliphatic heterocycles. The van der Waals surface area contributed by atoms with Crippen LogP contribution in [-0.4, -0.2) is 36.3 Å². The van der Waals surface area contributed by atoms with Gasteiger partial charge < -0.3 is 10.2 Å². The molecule has 1 N–H and O–H groups in total. The Bertz CT molecular complexity index is 440. The fourth-order valence-electron chi connectivity index (χ4n) is 1.64. The minimum atomic E-state index is -0.128. The number of carbonyl (C=O) groups is 2. The van der Waals surface area contributed by atoms with Crippen LogP contribution in [0.3, 0.4) is 0 Å². The standard InChI is InChI=1S/C14H20N2O2S/c1-4-16(9-11(2)3)13(17)5-7-15-14(18)12-6-8-19-10-12/h6,8,10H,2,4-5,7,9H2,1,3H3,(H,15,18). The van der Waals surface area contributed by atoms with E-state index in [4.69, 9.17) is 0 Å². The van der Waals surface area contributed by atoms with Crippen LogP contribution in [0.15, 0.2) is 29.0 Å². The fourth-order valence-corrected chi connectivity index (χ4v) is 2.27. The number of nitrogens with one attached hydrogen (secondary N) is 1. The maximum Gasteiger partial charge on any atom is 0.252 e. The molecular formula is C14H20N2O2S. The number of hydrogen-bond acceptors (Lipinski definition) is 3. The first kappa shape index (κ1) is 15.4. The molecule has 4 nitrogen and oxygen atoms in total. The Hall–Kier alpha value is -1.62. The zero-order chi connectivity index (χ0) is 14.3. The molecule has 2 amide bonds. The summed E-state index contributed by atoms with van der Waals surface area (Å²) in [4.78, 5) is 25.3. The number of nitrogens with zero attached hydrogens (tertiary/aromatic N) is 1. The molecule has 0 aromatic carbocycles. The minimum Gasteiger partial charge on any atom is -0.351 e. The Kier molecular flexibility index (Phi) is 6.29. The lowest BCUT2D eigenvalue weighted by Crippen LogP contribution is -2.35. The van der Waals surface area contributed by atoms with E-state index in [1.807, 2.05) is 19.2 Å². The van der Waals surface area contributed by atoms with Crippen molar-refractivity contribution in [3.05, 3.63) is 34.5 Å². The van der Waals surface area contributed by atoms with Crippen molar-refractivity contribution in [3.63, 3.8) is 0 Å².